The molecule has 1 aliphatic rings. The Morgan fingerprint density at radius 1 is 1.06 bits per heavy atom. The molecule has 0 bridgehead atoms. The molecule has 1 amide bonds. The van der Waals surface area contributed by atoms with Gasteiger partial charge in [-0.3, -0.25) is 4.79 Å². The van der Waals surface area contributed by atoms with Crippen molar-refractivity contribution in [3.63, 3.8) is 0 Å². The summed E-state index contributed by atoms with van der Waals surface area (Å²) >= 11 is 0. The Kier molecular flexibility index (Phi) is 8.07. The van der Waals surface area contributed by atoms with E-state index < -0.39 is 12.1 Å². The molecular weight excluding hydrogens is 439 g/mol. The number of carbonyl (C=O) groups is 2. The lowest BCUT2D eigenvalue weighted by molar-refractivity contribution is -0.192. The number of carboxylic acid groups (broad SMARTS) is 1. The molecule has 0 aliphatic carbocycles. The van der Waals surface area contributed by atoms with E-state index in [9.17, 15) is 18.0 Å². The summed E-state index contributed by atoms with van der Waals surface area (Å²) in [7, 11) is 0. The predicted octanol–water partition coefficient (Wildman–Crippen LogP) is 4.55. The molecule has 1 aromatic carbocycles. The number of rotatable bonds is 4. The van der Waals surface area contributed by atoms with Crippen LogP contribution >= 0.6 is 0 Å². The van der Waals surface area contributed by atoms with Gasteiger partial charge in [-0.05, 0) is 58.7 Å². The summed E-state index contributed by atoms with van der Waals surface area (Å²) in [5, 5.41) is 13.9. The van der Waals surface area contributed by atoms with Crippen molar-refractivity contribution in [1.82, 2.24) is 15.6 Å². The highest BCUT2D eigenvalue weighted by atomic mass is 19.4. The van der Waals surface area contributed by atoms with Crippen molar-refractivity contribution in [3.05, 3.63) is 54.2 Å². The van der Waals surface area contributed by atoms with Crippen molar-refractivity contribution >= 4 is 11.9 Å². The Balaban J connectivity index is 0.000000479. The number of piperidine rings is 1. The highest BCUT2D eigenvalue weighted by molar-refractivity contribution is 5.94. The van der Waals surface area contributed by atoms with Crippen molar-refractivity contribution in [3.8, 4) is 11.6 Å². The summed E-state index contributed by atoms with van der Waals surface area (Å²) in [4.78, 5) is 25.7. The lowest BCUT2D eigenvalue weighted by Crippen LogP contribution is -2.62. The molecule has 0 radical (unpaired) electrons. The molecule has 2 heterocycles. The van der Waals surface area contributed by atoms with Crippen LogP contribution in [0.15, 0.2) is 48.7 Å². The molecule has 180 valence electrons. The quantitative estimate of drug-likeness (QED) is 0.610. The van der Waals surface area contributed by atoms with E-state index in [0.717, 1.165) is 18.6 Å². The number of halogens is 3. The average Bonchev–Trinajstić information content (AvgIpc) is 2.66. The number of aromatic nitrogens is 1. The van der Waals surface area contributed by atoms with Crippen molar-refractivity contribution in [2.75, 3.05) is 0 Å². The first-order valence-corrected chi connectivity index (χ1v) is 10.3. The fourth-order valence-electron chi connectivity index (χ4n) is 3.88. The second-order valence-corrected chi connectivity index (χ2v) is 9.07. The Bertz CT molecular complexity index is 930. The van der Waals surface area contributed by atoms with Gasteiger partial charge in [0.05, 0.1) is 5.56 Å². The molecule has 0 atom stereocenters. The number of benzene rings is 1. The third kappa shape index (κ3) is 8.72. The van der Waals surface area contributed by atoms with Gasteiger partial charge in [0.25, 0.3) is 5.91 Å². The maximum atomic E-state index is 12.6. The Labute approximate surface area is 190 Å². The summed E-state index contributed by atoms with van der Waals surface area (Å²) in [5.41, 5.74) is 0.524. The van der Waals surface area contributed by atoms with Gasteiger partial charge >= 0.3 is 12.1 Å². The molecule has 0 spiro atoms. The van der Waals surface area contributed by atoms with E-state index in [1.54, 1.807) is 18.3 Å². The molecule has 3 rings (SSSR count). The molecule has 1 saturated heterocycles. The largest absolute Gasteiger partial charge is 0.490 e. The second-order valence-electron chi connectivity index (χ2n) is 9.07. The molecule has 7 nitrogen and oxygen atoms in total. The van der Waals surface area contributed by atoms with Gasteiger partial charge in [-0.1, -0.05) is 18.2 Å². The van der Waals surface area contributed by atoms with Gasteiger partial charge < -0.3 is 20.5 Å². The molecule has 1 aromatic heterocycles. The molecule has 0 saturated carbocycles. The van der Waals surface area contributed by atoms with Crippen LogP contribution in [0.5, 0.6) is 11.6 Å². The summed E-state index contributed by atoms with van der Waals surface area (Å²) in [6.07, 6.45) is -1.74. The number of carboxylic acids is 1. The van der Waals surface area contributed by atoms with Gasteiger partial charge in [-0.15, -0.1) is 0 Å². The Hall–Kier alpha value is -3.14. The number of para-hydroxylation sites is 1. The molecule has 0 unspecified atom stereocenters. The van der Waals surface area contributed by atoms with Crippen LogP contribution in [0.25, 0.3) is 0 Å². The van der Waals surface area contributed by atoms with E-state index in [0.29, 0.717) is 11.4 Å². The van der Waals surface area contributed by atoms with Crippen LogP contribution in [0, 0.1) is 0 Å². The minimum absolute atomic E-state index is 0.00860. The van der Waals surface area contributed by atoms with Crippen LogP contribution in [0.3, 0.4) is 0 Å². The van der Waals surface area contributed by atoms with Gasteiger partial charge in [0, 0.05) is 29.4 Å². The van der Waals surface area contributed by atoms with Crippen molar-refractivity contribution < 1.29 is 32.6 Å². The van der Waals surface area contributed by atoms with Crippen LogP contribution in [0.4, 0.5) is 13.2 Å². The minimum atomic E-state index is -5.08. The number of pyridine rings is 1. The topological polar surface area (TPSA) is 101 Å². The summed E-state index contributed by atoms with van der Waals surface area (Å²) in [5.74, 6) is -1.66. The van der Waals surface area contributed by atoms with Gasteiger partial charge in [0.15, 0.2) is 0 Å². The number of aliphatic carboxylic acids is 1. The smallest absolute Gasteiger partial charge is 0.475 e. The normalized spacial score (nSPS) is 17.3. The molecule has 33 heavy (non-hydrogen) atoms. The zero-order chi connectivity index (χ0) is 24.9. The van der Waals surface area contributed by atoms with Crippen LogP contribution in [-0.4, -0.2) is 45.3 Å². The molecular formula is C23H28F3N3O4. The van der Waals surface area contributed by atoms with Gasteiger partial charge in [-0.2, -0.15) is 13.2 Å². The van der Waals surface area contributed by atoms with Crippen LogP contribution in [0.1, 0.15) is 50.9 Å². The van der Waals surface area contributed by atoms with Gasteiger partial charge in [-0.25, -0.2) is 9.78 Å². The molecule has 10 heteroatoms. The summed E-state index contributed by atoms with van der Waals surface area (Å²) in [6.45, 7) is 8.68. The SMILES string of the molecule is CC1(C)CC(NC(=O)c2ccc(Oc3ccccc3)nc2)CC(C)(C)N1.O=C(O)C(F)(F)F. The van der Waals surface area contributed by atoms with Gasteiger partial charge in [0.2, 0.25) is 5.88 Å². The number of alkyl halides is 3. The number of hydrogen-bond acceptors (Lipinski definition) is 5. The fourth-order valence-corrected chi connectivity index (χ4v) is 3.88. The third-order valence-electron chi connectivity index (χ3n) is 4.73. The first-order valence-electron chi connectivity index (χ1n) is 10.3. The molecule has 3 N–H and O–H groups in total. The number of hydrogen-bond donors (Lipinski definition) is 3. The van der Waals surface area contributed by atoms with Crippen molar-refractivity contribution in [2.24, 2.45) is 0 Å². The lowest BCUT2D eigenvalue weighted by Gasteiger charge is -2.46. The van der Waals surface area contributed by atoms with Crippen LogP contribution < -0.4 is 15.4 Å². The van der Waals surface area contributed by atoms with Crippen LogP contribution in [0.2, 0.25) is 0 Å². The number of nitrogens with one attached hydrogen (secondary N) is 2. The zero-order valence-corrected chi connectivity index (χ0v) is 18.9. The van der Waals surface area contributed by atoms with E-state index in [1.165, 1.54) is 0 Å². The van der Waals surface area contributed by atoms with E-state index in [4.69, 9.17) is 14.6 Å². The lowest BCUT2D eigenvalue weighted by atomic mass is 9.79. The summed E-state index contributed by atoms with van der Waals surface area (Å²) in [6, 6.07) is 13.1. The first kappa shape index (κ1) is 26.1. The number of carbonyl (C=O) groups excluding carboxylic acids is 1. The standard InChI is InChI=1S/C21H27N3O2.C2HF3O2/c1-20(2)12-16(13-21(3,4)24-20)23-19(25)15-10-11-18(22-14-15)26-17-8-6-5-7-9-17;3-2(4,5)1(6)7/h5-11,14,16,24H,12-13H2,1-4H3,(H,23,25);(H,6,7). The zero-order valence-electron chi connectivity index (χ0n) is 18.9. The monoisotopic (exact) mass is 467 g/mol. The van der Waals surface area contributed by atoms with E-state index in [1.807, 2.05) is 30.3 Å². The van der Waals surface area contributed by atoms with E-state index in [2.05, 4.69) is 43.3 Å². The highest BCUT2D eigenvalue weighted by Gasteiger charge is 2.39. The molecule has 1 aliphatic heterocycles. The molecule has 1 fully saturated rings. The van der Waals surface area contributed by atoms with E-state index in [-0.39, 0.29) is 23.0 Å². The maximum Gasteiger partial charge on any atom is 0.490 e. The van der Waals surface area contributed by atoms with Crippen LogP contribution in [-0.2, 0) is 4.79 Å². The third-order valence-corrected chi connectivity index (χ3v) is 4.73. The van der Waals surface area contributed by atoms with Gasteiger partial charge in [0.1, 0.15) is 5.75 Å². The average molecular weight is 467 g/mol. The number of amides is 1. The first-order chi connectivity index (χ1) is 15.2. The molecule has 2 aromatic rings. The second kappa shape index (κ2) is 10.2. The number of nitrogens with zero attached hydrogens (tertiary/aromatic N) is 1. The van der Waals surface area contributed by atoms with E-state index >= 15 is 0 Å². The number of ether oxygens (including phenoxy) is 1. The predicted molar refractivity (Wildman–Crippen MR) is 116 cm³/mol. The van der Waals surface area contributed by atoms with Crippen molar-refractivity contribution in [1.29, 1.82) is 0 Å². The minimum Gasteiger partial charge on any atom is -0.475 e. The Morgan fingerprint density at radius 3 is 2.06 bits per heavy atom. The Morgan fingerprint density at radius 2 is 1.61 bits per heavy atom. The maximum absolute atomic E-state index is 12.6. The highest BCUT2D eigenvalue weighted by Crippen LogP contribution is 2.28. The fraction of sp³-hybridized carbons (Fsp3) is 0.435. The van der Waals surface area contributed by atoms with Crippen molar-refractivity contribution in [2.45, 2.75) is 63.8 Å². The summed E-state index contributed by atoms with van der Waals surface area (Å²) < 4.78 is 37.4.